The number of rotatable bonds is 3. The maximum absolute atomic E-state index is 12.1. The number of benzene rings is 2. The summed E-state index contributed by atoms with van der Waals surface area (Å²) in [7, 11) is 0. The summed E-state index contributed by atoms with van der Waals surface area (Å²) in [6, 6.07) is 14.2. The molecule has 0 aliphatic carbocycles. The molecule has 110 valence electrons. The molecular weight excluding hydrogens is 280 g/mol. The lowest BCUT2D eigenvalue weighted by atomic mass is 10.2. The minimum atomic E-state index is -0.351. The number of aryl methyl sites for hydroxylation is 1. The average Bonchev–Trinajstić information content (AvgIpc) is 2.52. The third-order valence-corrected chi connectivity index (χ3v) is 3.15. The fourth-order valence-electron chi connectivity index (χ4n) is 2.06. The van der Waals surface area contributed by atoms with Gasteiger partial charge >= 0.3 is 0 Å². The smallest absolute Gasteiger partial charge is 0.279 e. The van der Waals surface area contributed by atoms with Crippen LogP contribution in [0.4, 0.5) is 11.6 Å². The predicted molar refractivity (Wildman–Crippen MR) is 84.2 cm³/mol. The summed E-state index contributed by atoms with van der Waals surface area (Å²) in [6.45, 7) is 1.90. The monoisotopic (exact) mass is 294 g/mol. The lowest BCUT2D eigenvalue weighted by Gasteiger charge is -2.08. The lowest BCUT2D eigenvalue weighted by molar-refractivity contribution is 0.477. The van der Waals surface area contributed by atoms with Gasteiger partial charge in [-0.05, 0) is 24.6 Å². The van der Waals surface area contributed by atoms with Crippen molar-refractivity contribution in [3.8, 4) is 17.0 Å². The molecule has 0 aliphatic rings. The number of aromatic nitrogens is 3. The third-order valence-electron chi connectivity index (χ3n) is 3.15. The minimum Gasteiger partial charge on any atom is -0.506 e. The van der Waals surface area contributed by atoms with Crippen molar-refractivity contribution >= 4 is 11.6 Å². The van der Waals surface area contributed by atoms with Gasteiger partial charge in [-0.15, -0.1) is 10.2 Å². The Labute approximate surface area is 126 Å². The van der Waals surface area contributed by atoms with Gasteiger partial charge in [0.25, 0.3) is 5.56 Å². The van der Waals surface area contributed by atoms with Crippen molar-refractivity contribution in [1.29, 1.82) is 0 Å². The normalized spacial score (nSPS) is 10.4. The standard InChI is InChI=1S/C16H14N4O2/c1-10-7-8-13(21)12(9-10)17-16-18-15(22)14(19-20-16)11-5-3-2-4-6-11/h2-9,21H,1H3,(H2,17,18,20,22). The molecule has 0 radical (unpaired) electrons. The van der Waals surface area contributed by atoms with E-state index in [1.807, 2.05) is 25.1 Å². The van der Waals surface area contributed by atoms with Gasteiger partial charge in [-0.3, -0.25) is 9.78 Å². The Hall–Kier alpha value is -3.15. The van der Waals surface area contributed by atoms with E-state index in [2.05, 4.69) is 20.5 Å². The zero-order chi connectivity index (χ0) is 15.5. The molecule has 3 aromatic rings. The van der Waals surface area contributed by atoms with Crippen LogP contribution in [0, 0.1) is 6.92 Å². The van der Waals surface area contributed by atoms with E-state index in [1.165, 1.54) is 0 Å². The molecule has 0 amide bonds. The molecule has 0 atom stereocenters. The number of hydrogen-bond donors (Lipinski definition) is 3. The van der Waals surface area contributed by atoms with E-state index < -0.39 is 0 Å². The van der Waals surface area contributed by atoms with E-state index in [1.54, 1.807) is 30.3 Å². The number of nitrogens with zero attached hydrogens (tertiary/aromatic N) is 2. The van der Waals surface area contributed by atoms with Gasteiger partial charge in [-0.2, -0.15) is 0 Å². The Morgan fingerprint density at radius 3 is 2.59 bits per heavy atom. The van der Waals surface area contributed by atoms with Crippen molar-refractivity contribution in [2.24, 2.45) is 0 Å². The van der Waals surface area contributed by atoms with Crippen molar-refractivity contribution < 1.29 is 5.11 Å². The number of phenols is 1. The van der Waals surface area contributed by atoms with Gasteiger partial charge in [0.2, 0.25) is 5.95 Å². The highest BCUT2D eigenvalue weighted by atomic mass is 16.3. The average molecular weight is 294 g/mol. The van der Waals surface area contributed by atoms with Gasteiger partial charge in [0.05, 0.1) is 5.69 Å². The van der Waals surface area contributed by atoms with Crippen molar-refractivity contribution in [2.45, 2.75) is 6.92 Å². The highest BCUT2D eigenvalue weighted by molar-refractivity contribution is 5.63. The van der Waals surface area contributed by atoms with E-state index >= 15 is 0 Å². The van der Waals surface area contributed by atoms with Crippen LogP contribution >= 0.6 is 0 Å². The molecule has 6 heteroatoms. The Balaban J connectivity index is 1.93. The van der Waals surface area contributed by atoms with Crippen LogP contribution in [0.2, 0.25) is 0 Å². The molecule has 22 heavy (non-hydrogen) atoms. The Bertz CT molecular complexity index is 860. The number of H-pyrrole nitrogens is 1. The first-order chi connectivity index (χ1) is 10.6. The van der Waals surface area contributed by atoms with Gasteiger partial charge in [0, 0.05) is 5.56 Å². The topological polar surface area (TPSA) is 90.9 Å². The Morgan fingerprint density at radius 2 is 1.86 bits per heavy atom. The molecule has 0 saturated carbocycles. The SMILES string of the molecule is Cc1ccc(O)c(Nc2nnc(-c3ccccc3)c(=O)[nH]2)c1. The van der Waals surface area contributed by atoms with Gasteiger partial charge in [-0.25, -0.2) is 0 Å². The maximum Gasteiger partial charge on any atom is 0.279 e. The fourth-order valence-corrected chi connectivity index (χ4v) is 2.06. The Kier molecular flexibility index (Phi) is 3.57. The van der Waals surface area contributed by atoms with Crippen LogP contribution in [0.3, 0.4) is 0 Å². The van der Waals surface area contributed by atoms with Crippen LogP contribution in [0.15, 0.2) is 53.3 Å². The first kappa shape index (κ1) is 13.8. The number of nitrogens with one attached hydrogen (secondary N) is 2. The highest BCUT2D eigenvalue weighted by Gasteiger charge is 2.08. The second-order valence-electron chi connectivity index (χ2n) is 4.86. The number of hydrogen-bond acceptors (Lipinski definition) is 5. The fraction of sp³-hybridized carbons (Fsp3) is 0.0625. The molecule has 0 spiro atoms. The van der Waals surface area contributed by atoms with Gasteiger partial charge in [-0.1, -0.05) is 36.4 Å². The van der Waals surface area contributed by atoms with E-state index in [4.69, 9.17) is 0 Å². The van der Waals surface area contributed by atoms with Gasteiger partial charge < -0.3 is 10.4 Å². The quantitative estimate of drug-likeness (QED) is 0.646. The lowest BCUT2D eigenvalue weighted by Crippen LogP contribution is -2.15. The predicted octanol–water partition coefficient (Wildman–Crippen LogP) is 2.59. The number of anilines is 2. The van der Waals surface area contributed by atoms with Crippen LogP contribution in [0.1, 0.15) is 5.56 Å². The summed E-state index contributed by atoms with van der Waals surface area (Å²) in [6.07, 6.45) is 0. The summed E-state index contributed by atoms with van der Waals surface area (Å²) >= 11 is 0. The van der Waals surface area contributed by atoms with Gasteiger partial charge in [0.15, 0.2) is 5.69 Å². The van der Waals surface area contributed by atoms with Crippen LogP contribution in [-0.4, -0.2) is 20.3 Å². The zero-order valence-electron chi connectivity index (χ0n) is 11.9. The number of aromatic hydroxyl groups is 1. The molecular formula is C16H14N4O2. The second kappa shape index (κ2) is 5.69. The number of phenolic OH excluding ortho intramolecular Hbond substituents is 1. The van der Waals surface area contributed by atoms with Crippen LogP contribution in [0.25, 0.3) is 11.3 Å². The highest BCUT2D eigenvalue weighted by Crippen LogP contribution is 2.25. The molecule has 1 heterocycles. The maximum atomic E-state index is 12.1. The zero-order valence-corrected chi connectivity index (χ0v) is 11.9. The number of aromatic amines is 1. The molecule has 2 aromatic carbocycles. The van der Waals surface area contributed by atoms with E-state index in [-0.39, 0.29) is 23.0 Å². The molecule has 3 rings (SSSR count). The molecule has 0 fully saturated rings. The van der Waals surface area contributed by atoms with E-state index in [0.29, 0.717) is 11.3 Å². The molecule has 0 aliphatic heterocycles. The van der Waals surface area contributed by atoms with Crippen molar-refractivity contribution in [3.05, 3.63) is 64.4 Å². The summed E-state index contributed by atoms with van der Waals surface area (Å²) in [4.78, 5) is 14.7. The largest absolute Gasteiger partial charge is 0.506 e. The molecule has 0 unspecified atom stereocenters. The molecule has 6 nitrogen and oxygen atoms in total. The van der Waals surface area contributed by atoms with Crippen LogP contribution < -0.4 is 10.9 Å². The summed E-state index contributed by atoms with van der Waals surface area (Å²) in [5, 5.41) is 20.6. The van der Waals surface area contributed by atoms with E-state index in [9.17, 15) is 9.90 Å². The van der Waals surface area contributed by atoms with Crippen LogP contribution in [0.5, 0.6) is 5.75 Å². The van der Waals surface area contributed by atoms with Crippen molar-refractivity contribution in [2.75, 3.05) is 5.32 Å². The Morgan fingerprint density at radius 1 is 1.09 bits per heavy atom. The first-order valence-electron chi connectivity index (χ1n) is 6.72. The van der Waals surface area contributed by atoms with Gasteiger partial charge in [0.1, 0.15) is 5.75 Å². The molecule has 0 bridgehead atoms. The molecule has 3 N–H and O–H groups in total. The molecule has 0 saturated heterocycles. The molecule has 1 aromatic heterocycles. The van der Waals surface area contributed by atoms with Crippen LogP contribution in [-0.2, 0) is 0 Å². The summed E-state index contributed by atoms with van der Waals surface area (Å²) < 4.78 is 0. The third kappa shape index (κ3) is 2.80. The first-order valence-corrected chi connectivity index (χ1v) is 6.72. The summed E-state index contributed by atoms with van der Waals surface area (Å²) in [5.41, 5.74) is 2.02. The minimum absolute atomic E-state index is 0.0698. The second-order valence-corrected chi connectivity index (χ2v) is 4.86. The van der Waals surface area contributed by atoms with E-state index in [0.717, 1.165) is 5.56 Å². The van der Waals surface area contributed by atoms with Crippen molar-refractivity contribution in [1.82, 2.24) is 15.2 Å². The summed E-state index contributed by atoms with van der Waals surface area (Å²) in [5.74, 6) is 0.242. The van der Waals surface area contributed by atoms with Crippen molar-refractivity contribution in [3.63, 3.8) is 0 Å².